The number of hydrogen-bond acceptors (Lipinski definition) is 7. The Bertz CT molecular complexity index is 1370. The summed E-state index contributed by atoms with van der Waals surface area (Å²) in [5, 5.41) is 21.9. The van der Waals surface area contributed by atoms with Gasteiger partial charge in [0.1, 0.15) is 5.75 Å². The fraction of sp³-hybridized carbons (Fsp3) is 0.364. The highest BCUT2D eigenvalue weighted by atomic mass is 16.7. The molecule has 0 saturated heterocycles. The lowest BCUT2D eigenvalue weighted by Gasteiger charge is -2.37. The molecule has 0 bridgehead atoms. The molecule has 2 aliphatic rings. The van der Waals surface area contributed by atoms with Crippen LogP contribution in [0.1, 0.15) is 36.0 Å². The highest BCUT2D eigenvalue weighted by molar-refractivity contribution is 6.03. The largest absolute Gasteiger partial charge is 0.506 e. The topological polar surface area (TPSA) is 106 Å². The molecule has 1 amide bonds. The molecule has 1 heterocycles. The number of anilines is 1. The van der Waals surface area contributed by atoms with Crippen LogP contribution in [0.5, 0.6) is 5.75 Å². The van der Waals surface area contributed by atoms with Crippen LogP contribution < -0.4 is 5.32 Å². The van der Waals surface area contributed by atoms with Crippen LogP contribution in [0.25, 0.3) is 11.1 Å². The lowest BCUT2D eigenvalue weighted by atomic mass is 9.78. The van der Waals surface area contributed by atoms with Crippen LogP contribution in [0, 0.1) is 5.92 Å². The van der Waals surface area contributed by atoms with Crippen molar-refractivity contribution in [1.29, 1.82) is 0 Å². The number of para-hydroxylation sites is 2. The van der Waals surface area contributed by atoms with E-state index in [1.54, 1.807) is 18.2 Å². The molecule has 41 heavy (non-hydrogen) atoms. The first-order valence-electron chi connectivity index (χ1n) is 14.2. The molecule has 3 aromatic rings. The molecule has 0 saturated carbocycles. The minimum absolute atomic E-state index is 0.0193. The maximum Gasteiger partial charge on any atom is 0.290 e. The maximum atomic E-state index is 13.4. The van der Waals surface area contributed by atoms with Gasteiger partial charge in [0.2, 0.25) is 6.29 Å². The Hall–Kier alpha value is -3.69. The molecule has 0 unspecified atom stereocenters. The fourth-order valence-electron chi connectivity index (χ4n) is 5.66. The summed E-state index contributed by atoms with van der Waals surface area (Å²) in [5.41, 5.74) is 6.42. The van der Waals surface area contributed by atoms with Gasteiger partial charge in [0, 0.05) is 25.0 Å². The van der Waals surface area contributed by atoms with Gasteiger partial charge in [-0.15, -0.1) is 0 Å². The van der Waals surface area contributed by atoms with Crippen LogP contribution >= 0.6 is 0 Å². The van der Waals surface area contributed by atoms with E-state index in [1.165, 1.54) is 28.3 Å². The van der Waals surface area contributed by atoms with Gasteiger partial charge in [-0.3, -0.25) is 4.79 Å². The summed E-state index contributed by atoms with van der Waals surface area (Å²) in [5.74, 6) is -0.617. The molecule has 1 aliphatic heterocycles. The third kappa shape index (κ3) is 6.63. The molecule has 3 aromatic carbocycles. The van der Waals surface area contributed by atoms with E-state index in [4.69, 9.17) is 24.1 Å². The molecule has 8 nitrogen and oxygen atoms in total. The molecule has 0 aromatic heterocycles. The minimum atomic E-state index is -0.672. The molecule has 3 atom stereocenters. The molecule has 0 fully saturated rings. The molecule has 8 heteroatoms. The predicted octanol–water partition coefficient (Wildman–Crippen LogP) is 4.99. The van der Waals surface area contributed by atoms with Crippen LogP contribution in [-0.2, 0) is 30.2 Å². The Morgan fingerprint density at radius 2 is 1.71 bits per heavy atom. The first-order valence-corrected chi connectivity index (χ1v) is 14.2. The van der Waals surface area contributed by atoms with Gasteiger partial charge >= 0.3 is 0 Å². The first kappa shape index (κ1) is 28.8. The second kappa shape index (κ2) is 13.8. The number of hydrogen-bond donors (Lipinski definition) is 3. The van der Waals surface area contributed by atoms with Gasteiger partial charge < -0.3 is 34.5 Å². The Morgan fingerprint density at radius 3 is 2.51 bits per heavy atom. The van der Waals surface area contributed by atoms with Crippen molar-refractivity contribution in [3.63, 3.8) is 0 Å². The van der Waals surface area contributed by atoms with E-state index in [0.29, 0.717) is 38.5 Å². The Balaban J connectivity index is 1.46. The highest BCUT2D eigenvalue weighted by Gasteiger charge is 2.39. The lowest BCUT2D eigenvalue weighted by molar-refractivity contribution is -0.166. The summed E-state index contributed by atoms with van der Waals surface area (Å²) in [4.78, 5) is 13.4. The normalized spacial score (nSPS) is 19.2. The minimum Gasteiger partial charge on any atom is -0.506 e. The van der Waals surface area contributed by atoms with Gasteiger partial charge in [0.05, 0.1) is 32.1 Å². The van der Waals surface area contributed by atoms with E-state index >= 15 is 0 Å². The zero-order valence-corrected chi connectivity index (χ0v) is 23.3. The Morgan fingerprint density at radius 1 is 0.951 bits per heavy atom. The molecular weight excluding hydrogens is 522 g/mol. The number of carbonyl (C=O) groups is 1. The van der Waals surface area contributed by atoms with Gasteiger partial charge in [-0.2, -0.15) is 0 Å². The quantitative estimate of drug-likeness (QED) is 0.156. The SMILES string of the molecule is CCO[C@H]1OC(C(=O)Nc2ccccc2O)=C[C@@H](c2cccc3c2Cc2ccccc2-3)[C@@H]1CCOCCOCCO. The van der Waals surface area contributed by atoms with Crippen LogP contribution in [0.4, 0.5) is 5.69 Å². The van der Waals surface area contributed by atoms with E-state index in [-0.39, 0.29) is 36.6 Å². The number of fused-ring (bicyclic) bond motifs is 3. The van der Waals surface area contributed by atoms with E-state index < -0.39 is 12.2 Å². The van der Waals surface area contributed by atoms with Crippen LogP contribution in [-0.4, -0.2) is 62.1 Å². The number of allylic oxidation sites excluding steroid dienone is 1. The number of phenols is 1. The number of ether oxygens (including phenoxy) is 4. The number of phenolic OH excluding ortho intramolecular Hbond substituents is 1. The molecule has 0 spiro atoms. The number of aliphatic hydroxyl groups is 1. The van der Waals surface area contributed by atoms with Gasteiger partial charge in [-0.05, 0) is 65.8 Å². The number of rotatable bonds is 13. The molecular formula is C33H37NO7. The van der Waals surface area contributed by atoms with E-state index in [1.807, 2.05) is 13.0 Å². The smallest absolute Gasteiger partial charge is 0.290 e. The number of benzene rings is 3. The zero-order chi connectivity index (χ0) is 28.6. The summed E-state index contributed by atoms with van der Waals surface area (Å²) < 4.78 is 23.5. The first-order chi connectivity index (χ1) is 20.1. The van der Waals surface area contributed by atoms with Gasteiger partial charge in [-0.1, -0.05) is 54.6 Å². The van der Waals surface area contributed by atoms with Gasteiger partial charge in [-0.25, -0.2) is 0 Å². The predicted molar refractivity (Wildman–Crippen MR) is 156 cm³/mol. The van der Waals surface area contributed by atoms with Crippen molar-refractivity contribution < 1.29 is 34.0 Å². The van der Waals surface area contributed by atoms with Crippen molar-refractivity contribution in [3.05, 3.63) is 95.3 Å². The van der Waals surface area contributed by atoms with Crippen molar-refractivity contribution in [2.45, 2.75) is 32.0 Å². The summed E-state index contributed by atoms with van der Waals surface area (Å²) in [7, 11) is 0. The molecule has 216 valence electrons. The average molecular weight is 560 g/mol. The van der Waals surface area contributed by atoms with Gasteiger partial charge in [0.15, 0.2) is 5.76 Å². The van der Waals surface area contributed by atoms with Crippen LogP contribution in [0.3, 0.4) is 0 Å². The molecule has 1 aliphatic carbocycles. The maximum absolute atomic E-state index is 13.4. The highest BCUT2D eigenvalue weighted by Crippen LogP contribution is 2.45. The molecule has 0 radical (unpaired) electrons. The number of nitrogens with one attached hydrogen (secondary N) is 1. The van der Waals surface area contributed by atoms with E-state index in [9.17, 15) is 9.90 Å². The zero-order valence-electron chi connectivity index (χ0n) is 23.3. The summed E-state index contributed by atoms with van der Waals surface area (Å²) in [6, 6.07) is 21.4. The molecule has 5 rings (SSSR count). The van der Waals surface area contributed by atoms with Crippen LogP contribution in [0.15, 0.2) is 78.6 Å². The van der Waals surface area contributed by atoms with E-state index in [2.05, 4.69) is 47.8 Å². The fourth-order valence-corrected chi connectivity index (χ4v) is 5.66. The summed E-state index contributed by atoms with van der Waals surface area (Å²) >= 11 is 0. The van der Waals surface area contributed by atoms with Crippen molar-refractivity contribution in [3.8, 4) is 16.9 Å². The van der Waals surface area contributed by atoms with Crippen molar-refractivity contribution in [1.82, 2.24) is 0 Å². The Kier molecular flexibility index (Phi) is 9.69. The third-order valence-electron chi connectivity index (χ3n) is 7.54. The number of aromatic hydroxyl groups is 1. The van der Waals surface area contributed by atoms with E-state index in [0.717, 1.165) is 12.0 Å². The number of amides is 1. The third-order valence-corrected chi connectivity index (χ3v) is 7.54. The van der Waals surface area contributed by atoms with Gasteiger partial charge in [0.25, 0.3) is 5.91 Å². The van der Waals surface area contributed by atoms with Crippen LogP contribution in [0.2, 0.25) is 0 Å². The summed E-state index contributed by atoms with van der Waals surface area (Å²) in [6.07, 6.45) is 2.67. The van der Waals surface area contributed by atoms with Crippen molar-refractivity contribution in [2.75, 3.05) is 45.0 Å². The second-order valence-corrected chi connectivity index (χ2v) is 10.1. The lowest BCUT2D eigenvalue weighted by Crippen LogP contribution is -2.38. The van der Waals surface area contributed by atoms with Crippen molar-refractivity contribution >= 4 is 11.6 Å². The second-order valence-electron chi connectivity index (χ2n) is 10.1. The number of carbonyl (C=O) groups excluding carboxylic acids is 1. The average Bonchev–Trinajstić information content (AvgIpc) is 3.37. The monoisotopic (exact) mass is 559 g/mol. The Labute approximate surface area is 240 Å². The number of aliphatic hydroxyl groups excluding tert-OH is 1. The van der Waals surface area contributed by atoms with Crippen molar-refractivity contribution in [2.24, 2.45) is 5.92 Å². The molecule has 3 N–H and O–H groups in total. The standard InChI is InChI=1S/C33H37NO7/c1-2-40-33-26(14-16-38-18-19-39-17-15-35)28(21-31(41-33)32(37)34-29-12-5-6-13-30(29)36)25-11-7-10-24-23-9-4-3-8-22(23)20-27(24)25/h3-13,21,26,28,33,35-36H,2,14-20H2,1H3,(H,34,37)/t26-,28-,33-/m0/s1. The summed E-state index contributed by atoms with van der Waals surface area (Å²) in [6.45, 7) is 3.86.